The van der Waals surface area contributed by atoms with Crippen LogP contribution >= 0.6 is 11.3 Å². The monoisotopic (exact) mass is 383 g/mol. The minimum absolute atomic E-state index is 0.0190. The minimum Gasteiger partial charge on any atom is -0.480 e. The molecule has 4 aromatic rings. The summed E-state index contributed by atoms with van der Waals surface area (Å²) >= 11 is 1.36. The average molecular weight is 383 g/mol. The van der Waals surface area contributed by atoms with Gasteiger partial charge in [-0.05, 0) is 31.0 Å². The van der Waals surface area contributed by atoms with E-state index in [1.54, 1.807) is 19.7 Å². The van der Waals surface area contributed by atoms with E-state index < -0.39 is 5.82 Å². The summed E-state index contributed by atoms with van der Waals surface area (Å²) < 4.78 is 24.7. The van der Waals surface area contributed by atoms with Gasteiger partial charge in [0.1, 0.15) is 15.4 Å². The van der Waals surface area contributed by atoms with Gasteiger partial charge in [-0.1, -0.05) is 18.3 Å². The van der Waals surface area contributed by atoms with Crippen molar-refractivity contribution in [1.82, 2.24) is 19.9 Å². The number of ether oxygens (including phenoxy) is 2. The van der Waals surface area contributed by atoms with E-state index in [1.165, 1.54) is 17.4 Å². The summed E-state index contributed by atoms with van der Waals surface area (Å²) in [5.74, 6) is -0.101. The normalized spacial score (nSPS) is 11.3. The largest absolute Gasteiger partial charge is 0.480 e. The fourth-order valence-electron chi connectivity index (χ4n) is 2.71. The summed E-state index contributed by atoms with van der Waals surface area (Å²) in [5, 5.41) is 0.698. The molecule has 3 aromatic heterocycles. The summed E-state index contributed by atoms with van der Waals surface area (Å²) in [7, 11) is 1.55. The fourth-order valence-corrected chi connectivity index (χ4v) is 3.64. The molecule has 8 heteroatoms. The predicted molar refractivity (Wildman–Crippen MR) is 103 cm³/mol. The lowest BCUT2D eigenvalue weighted by Gasteiger charge is -2.06. The quantitative estimate of drug-likeness (QED) is 0.510. The molecule has 3 heterocycles. The number of pyridine rings is 1. The van der Waals surface area contributed by atoms with Crippen molar-refractivity contribution in [2.45, 2.75) is 13.8 Å². The van der Waals surface area contributed by atoms with Crippen LogP contribution in [0.4, 0.5) is 4.39 Å². The Morgan fingerprint density at radius 3 is 2.78 bits per heavy atom. The van der Waals surface area contributed by atoms with Crippen LogP contribution in [0.5, 0.6) is 11.8 Å². The van der Waals surface area contributed by atoms with Gasteiger partial charge in [0.15, 0.2) is 5.82 Å². The van der Waals surface area contributed by atoms with E-state index in [2.05, 4.69) is 19.9 Å². The molecule has 0 aliphatic carbocycles. The molecule has 6 nitrogen and oxygen atoms in total. The van der Waals surface area contributed by atoms with Crippen LogP contribution in [0.25, 0.3) is 32.0 Å². The highest BCUT2D eigenvalue weighted by molar-refractivity contribution is 7.21. The second-order valence-electron chi connectivity index (χ2n) is 5.93. The first-order valence-electron chi connectivity index (χ1n) is 8.28. The van der Waals surface area contributed by atoms with Gasteiger partial charge in [-0.25, -0.2) is 19.3 Å². The van der Waals surface area contributed by atoms with Gasteiger partial charge >= 0.3 is 0 Å². The van der Waals surface area contributed by atoms with Crippen molar-refractivity contribution >= 4 is 32.7 Å². The van der Waals surface area contributed by atoms with Crippen LogP contribution in [0.15, 0.2) is 24.4 Å². The van der Waals surface area contributed by atoms with Gasteiger partial charge in [0.25, 0.3) is 5.88 Å². The molecule has 4 rings (SSSR count). The maximum absolute atomic E-state index is 14.2. The van der Waals surface area contributed by atoms with E-state index in [4.69, 9.17) is 9.47 Å². The van der Waals surface area contributed by atoms with Crippen molar-refractivity contribution in [3.05, 3.63) is 42.2 Å². The third-order valence-electron chi connectivity index (χ3n) is 3.90. The SMILES string of the molecule is C[CH]COc1nc2sc(-c3cc(C)cc4nc(OC)cnc34)nc2cc1F. The van der Waals surface area contributed by atoms with Crippen LogP contribution < -0.4 is 9.47 Å². The van der Waals surface area contributed by atoms with Crippen molar-refractivity contribution in [2.24, 2.45) is 0 Å². The third kappa shape index (κ3) is 3.28. The Morgan fingerprint density at radius 2 is 2.00 bits per heavy atom. The molecule has 0 bridgehead atoms. The van der Waals surface area contributed by atoms with Gasteiger partial charge in [-0.15, -0.1) is 0 Å². The Labute approximate surface area is 159 Å². The molecular weight excluding hydrogens is 367 g/mol. The molecule has 0 saturated heterocycles. The molecular formula is C19H16FN4O2S. The molecule has 1 radical (unpaired) electrons. The summed E-state index contributed by atoms with van der Waals surface area (Å²) in [6.07, 6.45) is 3.36. The number of hydrogen-bond donors (Lipinski definition) is 0. The van der Waals surface area contributed by atoms with E-state index in [0.717, 1.165) is 11.1 Å². The smallest absolute Gasteiger partial charge is 0.251 e. The van der Waals surface area contributed by atoms with Crippen molar-refractivity contribution in [3.8, 4) is 22.3 Å². The number of nitrogens with zero attached hydrogens (tertiary/aromatic N) is 4. The molecule has 0 saturated carbocycles. The lowest BCUT2D eigenvalue weighted by Crippen LogP contribution is -2.00. The number of methoxy groups -OCH3 is 1. The second kappa shape index (κ2) is 7.03. The van der Waals surface area contributed by atoms with Crippen molar-refractivity contribution in [1.29, 1.82) is 0 Å². The Balaban J connectivity index is 1.86. The molecule has 137 valence electrons. The van der Waals surface area contributed by atoms with Crippen LogP contribution in [0.1, 0.15) is 12.5 Å². The molecule has 0 unspecified atom stereocenters. The highest BCUT2D eigenvalue weighted by Crippen LogP contribution is 2.35. The number of aromatic nitrogens is 4. The topological polar surface area (TPSA) is 70.0 Å². The molecule has 0 aliphatic rings. The maximum Gasteiger partial charge on any atom is 0.251 e. The first-order chi connectivity index (χ1) is 13.1. The van der Waals surface area contributed by atoms with Crippen LogP contribution in [0.3, 0.4) is 0 Å². The fraction of sp³-hybridized carbons (Fsp3) is 0.211. The number of halogens is 1. The summed E-state index contributed by atoms with van der Waals surface area (Å²) in [6, 6.07) is 5.27. The van der Waals surface area contributed by atoms with E-state index in [1.807, 2.05) is 26.0 Å². The van der Waals surface area contributed by atoms with Gasteiger partial charge < -0.3 is 9.47 Å². The Morgan fingerprint density at radius 1 is 1.15 bits per heavy atom. The van der Waals surface area contributed by atoms with E-state index in [9.17, 15) is 4.39 Å². The first-order valence-corrected chi connectivity index (χ1v) is 9.10. The Bertz CT molecular complexity index is 1150. The predicted octanol–water partition coefficient (Wildman–Crippen LogP) is 4.36. The van der Waals surface area contributed by atoms with E-state index in [0.29, 0.717) is 38.9 Å². The number of fused-ring (bicyclic) bond motifs is 2. The lowest BCUT2D eigenvalue weighted by molar-refractivity contribution is 0.317. The zero-order chi connectivity index (χ0) is 19.0. The highest BCUT2D eigenvalue weighted by atomic mass is 32.1. The van der Waals surface area contributed by atoms with E-state index >= 15 is 0 Å². The van der Waals surface area contributed by atoms with Crippen LogP contribution in [0, 0.1) is 19.2 Å². The second-order valence-corrected chi connectivity index (χ2v) is 6.91. The van der Waals surface area contributed by atoms with Crippen LogP contribution in [-0.4, -0.2) is 33.7 Å². The van der Waals surface area contributed by atoms with Gasteiger partial charge in [-0.3, -0.25) is 0 Å². The van der Waals surface area contributed by atoms with Crippen LogP contribution in [0.2, 0.25) is 0 Å². The number of thiazole rings is 1. The number of benzene rings is 1. The summed E-state index contributed by atoms with van der Waals surface area (Å²) in [5.41, 5.74) is 3.74. The highest BCUT2D eigenvalue weighted by Gasteiger charge is 2.16. The van der Waals surface area contributed by atoms with Gasteiger partial charge in [-0.2, -0.15) is 4.98 Å². The maximum atomic E-state index is 14.2. The lowest BCUT2D eigenvalue weighted by atomic mass is 10.1. The standard InChI is InChI=1S/C19H16FN4O2S/c1-4-5-26-17-12(20)8-14-19(24-17)27-18(23-14)11-6-10(2)7-13-16(11)21-9-15(22-13)25-3/h4,6-9H,5H2,1-3H3. The van der Waals surface area contributed by atoms with Crippen molar-refractivity contribution < 1.29 is 13.9 Å². The van der Waals surface area contributed by atoms with Crippen molar-refractivity contribution in [3.63, 3.8) is 0 Å². The molecule has 0 amide bonds. The first kappa shape index (κ1) is 17.5. The van der Waals surface area contributed by atoms with Gasteiger partial charge in [0.2, 0.25) is 5.88 Å². The molecule has 0 fully saturated rings. The van der Waals surface area contributed by atoms with Gasteiger partial charge in [0, 0.05) is 11.6 Å². The average Bonchev–Trinajstić information content (AvgIpc) is 3.07. The number of rotatable bonds is 5. The molecule has 0 N–H and O–H groups in total. The molecule has 0 aliphatic heterocycles. The molecule has 0 spiro atoms. The van der Waals surface area contributed by atoms with Gasteiger partial charge in [0.05, 0.1) is 30.9 Å². The van der Waals surface area contributed by atoms with E-state index in [-0.39, 0.29) is 5.88 Å². The number of hydrogen-bond acceptors (Lipinski definition) is 7. The van der Waals surface area contributed by atoms with Crippen LogP contribution in [-0.2, 0) is 0 Å². The zero-order valence-corrected chi connectivity index (χ0v) is 15.8. The Hall–Kier alpha value is -2.87. The molecule has 0 atom stereocenters. The zero-order valence-electron chi connectivity index (χ0n) is 15.0. The molecule has 27 heavy (non-hydrogen) atoms. The molecule has 1 aromatic carbocycles. The Kier molecular flexibility index (Phi) is 4.57. The minimum atomic E-state index is -0.528. The number of aryl methyl sites for hydroxylation is 1. The van der Waals surface area contributed by atoms with Crippen molar-refractivity contribution in [2.75, 3.05) is 13.7 Å². The summed E-state index contributed by atoms with van der Waals surface area (Å²) in [4.78, 5) is 18.3. The summed E-state index contributed by atoms with van der Waals surface area (Å²) in [6.45, 7) is 4.10. The third-order valence-corrected chi connectivity index (χ3v) is 4.90.